The van der Waals surface area contributed by atoms with E-state index in [4.69, 9.17) is 11.6 Å². The average Bonchev–Trinajstić information content (AvgIpc) is 2.52. The Kier molecular flexibility index (Phi) is 6.47. The van der Waals surface area contributed by atoms with Crippen LogP contribution in [0.5, 0.6) is 0 Å². The second kappa shape index (κ2) is 8.09. The van der Waals surface area contributed by atoms with Gasteiger partial charge in [-0.3, -0.25) is 10.1 Å². The van der Waals surface area contributed by atoms with Crippen LogP contribution in [-0.2, 0) is 19.1 Å². The number of methoxy groups -OCH3 is 2. The Morgan fingerprint density at radius 3 is 2.26 bits per heavy atom. The van der Waals surface area contributed by atoms with E-state index in [-0.39, 0.29) is 11.3 Å². The maximum Gasteiger partial charge on any atom is 0.345 e. The maximum absolute atomic E-state index is 11.6. The Hall–Kier alpha value is -2.67. The lowest BCUT2D eigenvalue weighted by Gasteiger charge is -2.04. The second-order valence-corrected chi connectivity index (χ2v) is 4.80. The summed E-state index contributed by atoms with van der Waals surface area (Å²) < 4.78 is 9.02. The lowest BCUT2D eigenvalue weighted by atomic mass is 10.1. The maximum atomic E-state index is 11.6. The quantitative estimate of drug-likeness (QED) is 0.156. The zero-order valence-corrected chi connectivity index (χ0v) is 13.4. The normalized spacial score (nSPS) is 10.7. The van der Waals surface area contributed by atoms with Crippen molar-refractivity contribution in [1.82, 2.24) is 0 Å². The fourth-order valence-corrected chi connectivity index (χ4v) is 1.86. The van der Waals surface area contributed by atoms with Crippen molar-refractivity contribution < 1.29 is 24.0 Å². The van der Waals surface area contributed by atoms with Crippen LogP contribution in [0, 0.1) is 10.1 Å². The van der Waals surface area contributed by atoms with Gasteiger partial charge in [-0.2, -0.15) is 0 Å². The van der Waals surface area contributed by atoms with Crippen LogP contribution in [0.4, 0.5) is 5.69 Å². The molecule has 0 unspecified atom stereocenters. The molecule has 0 amide bonds. The van der Waals surface area contributed by atoms with Crippen molar-refractivity contribution in [1.29, 1.82) is 0 Å². The Bertz CT molecular complexity index is 690. The molecular formula is C15H14ClNO6. The van der Waals surface area contributed by atoms with Gasteiger partial charge in [0.1, 0.15) is 5.57 Å². The van der Waals surface area contributed by atoms with Crippen molar-refractivity contribution in [2.75, 3.05) is 14.2 Å². The molecule has 1 aromatic carbocycles. The van der Waals surface area contributed by atoms with Crippen molar-refractivity contribution in [3.05, 3.63) is 56.1 Å². The number of hydrogen-bond donors (Lipinski definition) is 0. The zero-order valence-electron chi connectivity index (χ0n) is 12.7. The van der Waals surface area contributed by atoms with Crippen LogP contribution in [0.3, 0.4) is 0 Å². The summed E-state index contributed by atoms with van der Waals surface area (Å²) in [6.07, 6.45) is 2.76. The number of carbonyl (C=O) groups is 2. The number of ether oxygens (including phenoxy) is 2. The molecule has 1 aromatic rings. The molecule has 8 heteroatoms. The number of carbonyl (C=O) groups excluding carboxylic acids is 2. The first-order chi connectivity index (χ1) is 10.8. The van der Waals surface area contributed by atoms with Gasteiger partial charge in [-0.05, 0) is 24.6 Å². The van der Waals surface area contributed by atoms with Crippen LogP contribution in [-0.4, -0.2) is 31.1 Å². The molecule has 0 saturated carbocycles. The predicted octanol–water partition coefficient (Wildman–Crippen LogP) is 2.92. The fourth-order valence-electron chi connectivity index (χ4n) is 1.69. The van der Waals surface area contributed by atoms with E-state index in [2.05, 4.69) is 9.47 Å². The number of hydrogen-bond acceptors (Lipinski definition) is 6. The van der Waals surface area contributed by atoms with Crippen LogP contribution >= 0.6 is 11.6 Å². The van der Waals surface area contributed by atoms with Crippen LogP contribution in [0.15, 0.2) is 35.4 Å². The predicted molar refractivity (Wildman–Crippen MR) is 83.9 cm³/mol. The third-order valence-corrected chi connectivity index (χ3v) is 3.10. The molecular weight excluding hydrogens is 326 g/mol. The third kappa shape index (κ3) is 4.93. The van der Waals surface area contributed by atoms with Crippen LogP contribution in [0.25, 0.3) is 6.08 Å². The molecule has 0 aliphatic heterocycles. The Labute approximate surface area is 137 Å². The summed E-state index contributed by atoms with van der Waals surface area (Å²) in [5.74, 6) is -1.70. The molecule has 7 nitrogen and oxygen atoms in total. The topological polar surface area (TPSA) is 95.7 Å². The summed E-state index contributed by atoms with van der Waals surface area (Å²) in [5.41, 5.74) is 0.408. The monoisotopic (exact) mass is 339 g/mol. The van der Waals surface area contributed by atoms with Gasteiger partial charge in [0, 0.05) is 22.7 Å². The summed E-state index contributed by atoms with van der Waals surface area (Å²) >= 11 is 5.99. The standard InChI is InChI=1S/C15H14ClNO6/c1-9(7-12(14(18)22-2)15(19)23-3)6-10-8-11(17(20)21)4-5-13(10)16/h4-8H,1-3H3. The summed E-state index contributed by atoms with van der Waals surface area (Å²) in [5, 5.41) is 11.1. The van der Waals surface area contributed by atoms with E-state index in [0.717, 1.165) is 14.2 Å². The van der Waals surface area contributed by atoms with E-state index in [1.54, 1.807) is 6.92 Å². The van der Waals surface area contributed by atoms with E-state index in [0.29, 0.717) is 16.2 Å². The van der Waals surface area contributed by atoms with Crippen LogP contribution in [0.2, 0.25) is 5.02 Å². The van der Waals surface area contributed by atoms with E-state index >= 15 is 0 Å². The van der Waals surface area contributed by atoms with Gasteiger partial charge in [0.05, 0.1) is 19.1 Å². The van der Waals surface area contributed by atoms with Gasteiger partial charge in [-0.25, -0.2) is 9.59 Å². The molecule has 0 bridgehead atoms. The lowest BCUT2D eigenvalue weighted by Crippen LogP contribution is -2.15. The molecule has 1 rings (SSSR count). The van der Waals surface area contributed by atoms with Crippen molar-refractivity contribution >= 4 is 35.3 Å². The number of halogens is 1. The number of nitrogens with zero attached hydrogens (tertiary/aromatic N) is 1. The smallest absolute Gasteiger partial charge is 0.345 e. The molecule has 0 aromatic heterocycles. The number of allylic oxidation sites excluding steroid dienone is 2. The SMILES string of the molecule is COC(=O)C(=CC(C)=Cc1cc([N+](=O)[O-])ccc1Cl)C(=O)OC. The highest BCUT2D eigenvalue weighted by Crippen LogP contribution is 2.24. The van der Waals surface area contributed by atoms with Crippen molar-refractivity contribution in [2.45, 2.75) is 6.92 Å². The summed E-state index contributed by atoms with van der Waals surface area (Å²) in [7, 11) is 2.27. The van der Waals surface area contributed by atoms with Gasteiger partial charge in [0.25, 0.3) is 5.69 Å². The molecule has 0 aliphatic carbocycles. The van der Waals surface area contributed by atoms with Crippen molar-refractivity contribution in [2.24, 2.45) is 0 Å². The molecule has 0 fully saturated rings. The molecule has 122 valence electrons. The molecule has 0 heterocycles. The highest BCUT2D eigenvalue weighted by atomic mass is 35.5. The fraction of sp³-hybridized carbons (Fsp3) is 0.200. The lowest BCUT2D eigenvalue weighted by molar-refractivity contribution is -0.384. The Morgan fingerprint density at radius 1 is 1.22 bits per heavy atom. The summed E-state index contributed by atoms with van der Waals surface area (Å²) in [6.45, 7) is 1.60. The first kappa shape index (κ1) is 18.4. The number of non-ortho nitro benzene ring substituents is 1. The first-order valence-electron chi connectivity index (χ1n) is 6.30. The largest absolute Gasteiger partial charge is 0.465 e. The van der Waals surface area contributed by atoms with Crippen LogP contribution in [0.1, 0.15) is 12.5 Å². The molecule has 0 spiro atoms. The highest BCUT2D eigenvalue weighted by molar-refractivity contribution is 6.32. The number of benzene rings is 1. The molecule has 23 heavy (non-hydrogen) atoms. The minimum Gasteiger partial charge on any atom is -0.465 e. The van der Waals surface area contributed by atoms with Crippen LogP contribution < -0.4 is 0 Å². The zero-order chi connectivity index (χ0) is 17.6. The third-order valence-electron chi connectivity index (χ3n) is 2.76. The van der Waals surface area contributed by atoms with Gasteiger partial charge in [-0.1, -0.05) is 17.7 Å². The van der Waals surface area contributed by atoms with E-state index in [1.165, 1.54) is 30.4 Å². The minimum absolute atomic E-state index is 0.126. The molecule has 0 saturated heterocycles. The van der Waals surface area contributed by atoms with Gasteiger partial charge in [0.15, 0.2) is 0 Å². The molecule has 0 radical (unpaired) electrons. The van der Waals surface area contributed by atoms with E-state index in [1.807, 2.05) is 0 Å². The van der Waals surface area contributed by atoms with Gasteiger partial charge in [0.2, 0.25) is 0 Å². The van der Waals surface area contributed by atoms with E-state index < -0.39 is 16.9 Å². The first-order valence-corrected chi connectivity index (χ1v) is 6.68. The van der Waals surface area contributed by atoms with Crippen molar-refractivity contribution in [3.63, 3.8) is 0 Å². The summed E-state index contributed by atoms with van der Waals surface area (Å²) in [4.78, 5) is 33.4. The minimum atomic E-state index is -0.852. The number of rotatable bonds is 5. The molecule has 0 atom stereocenters. The molecule has 0 aliphatic rings. The van der Waals surface area contributed by atoms with Gasteiger partial charge >= 0.3 is 11.9 Å². The highest BCUT2D eigenvalue weighted by Gasteiger charge is 2.19. The van der Waals surface area contributed by atoms with Gasteiger partial charge < -0.3 is 9.47 Å². The average molecular weight is 340 g/mol. The number of nitro groups is 1. The number of nitro benzene ring substituents is 1. The molecule has 0 N–H and O–H groups in total. The van der Waals surface area contributed by atoms with Crippen molar-refractivity contribution in [3.8, 4) is 0 Å². The van der Waals surface area contributed by atoms with Gasteiger partial charge in [-0.15, -0.1) is 0 Å². The summed E-state index contributed by atoms with van der Waals surface area (Å²) in [6, 6.07) is 3.96. The Morgan fingerprint density at radius 2 is 1.78 bits per heavy atom. The second-order valence-electron chi connectivity index (χ2n) is 4.39. The Balaban J connectivity index is 3.28. The number of esters is 2. The van der Waals surface area contributed by atoms with E-state index in [9.17, 15) is 19.7 Å².